The summed E-state index contributed by atoms with van der Waals surface area (Å²) < 4.78 is 38.6. The van der Waals surface area contributed by atoms with E-state index in [-0.39, 0.29) is 25.1 Å². The van der Waals surface area contributed by atoms with Crippen molar-refractivity contribution in [2.45, 2.75) is 25.6 Å². The normalized spacial score (nSPS) is 20.1. The zero-order valence-corrected chi connectivity index (χ0v) is 12.9. The lowest BCUT2D eigenvalue weighted by molar-refractivity contribution is -0.187. The van der Waals surface area contributed by atoms with Crippen LogP contribution in [0.15, 0.2) is 23.0 Å². The topological polar surface area (TPSA) is 49.0 Å². The average Bonchev–Trinajstić information content (AvgIpc) is 2.48. The standard InChI is InChI=1S/C15H15ClF3N3O/c16-10-3-4-12-11(6-10)14(23)21-13(20-12)8-22-5-1-2-9(7-22)15(17,18)19/h3-4,6,9H,1-2,5,7-8H2,(H,20,21,23)/t9-/m1/s1. The van der Waals surface area contributed by atoms with Gasteiger partial charge in [0, 0.05) is 11.6 Å². The molecule has 0 radical (unpaired) electrons. The van der Waals surface area contributed by atoms with Gasteiger partial charge in [-0.25, -0.2) is 4.98 Å². The fourth-order valence-corrected chi connectivity index (χ4v) is 3.08. The highest BCUT2D eigenvalue weighted by Gasteiger charge is 2.41. The maximum atomic E-state index is 12.9. The smallest absolute Gasteiger partial charge is 0.309 e. The van der Waals surface area contributed by atoms with E-state index in [1.165, 1.54) is 6.07 Å². The van der Waals surface area contributed by atoms with Crippen molar-refractivity contribution in [2.24, 2.45) is 5.92 Å². The van der Waals surface area contributed by atoms with Gasteiger partial charge >= 0.3 is 6.18 Å². The lowest BCUT2D eigenvalue weighted by Gasteiger charge is -2.33. The molecule has 1 aliphatic heterocycles. The SMILES string of the molecule is O=c1[nH]c(CN2CCC[C@@H](C(F)(F)F)C2)nc2ccc(Cl)cc12. The second-order valence-corrected chi connectivity index (χ2v) is 6.23. The van der Waals surface area contributed by atoms with Crippen LogP contribution in [0.1, 0.15) is 18.7 Å². The molecule has 0 amide bonds. The molecule has 1 aromatic carbocycles. The molecule has 3 rings (SSSR count). The number of aromatic nitrogens is 2. The highest BCUT2D eigenvalue weighted by Crippen LogP contribution is 2.33. The molecule has 23 heavy (non-hydrogen) atoms. The minimum absolute atomic E-state index is 0.0636. The molecule has 4 nitrogen and oxygen atoms in total. The van der Waals surface area contributed by atoms with E-state index >= 15 is 0 Å². The predicted molar refractivity (Wildman–Crippen MR) is 81.4 cm³/mol. The molecule has 124 valence electrons. The van der Waals surface area contributed by atoms with Gasteiger partial charge in [0.2, 0.25) is 0 Å². The Balaban J connectivity index is 1.81. The average molecular weight is 346 g/mol. The number of H-pyrrole nitrogens is 1. The number of fused-ring (bicyclic) bond motifs is 1. The first kappa shape index (κ1) is 16.3. The van der Waals surface area contributed by atoms with Crippen molar-refractivity contribution in [3.63, 3.8) is 0 Å². The van der Waals surface area contributed by atoms with Crippen LogP contribution in [0, 0.1) is 5.92 Å². The Bertz CT molecular complexity index is 775. The van der Waals surface area contributed by atoms with Gasteiger partial charge in [-0.15, -0.1) is 0 Å². The number of halogens is 4. The van der Waals surface area contributed by atoms with Crippen LogP contribution in [0.3, 0.4) is 0 Å². The number of aromatic amines is 1. The molecule has 1 fully saturated rings. The van der Waals surface area contributed by atoms with Crippen molar-refractivity contribution in [2.75, 3.05) is 13.1 Å². The summed E-state index contributed by atoms with van der Waals surface area (Å²) >= 11 is 5.85. The van der Waals surface area contributed by atoms with Crippen LogP contribution in [-0.4, -0.2) is 34.1 Å². The highest BCUT2D eigenvalue weighted by molar-refractivity contribution is 6.31. The molecule has 8 heteroatoms. The summed E-state index contributed by atoms with van der Waals surface area (Å²) in [7, 11) is 0. The van der Waals surface area contributed by atoms with E-state index in [9.17, 15) is 18.0 Å². The van der Waals surface area contributed by atoms with E-state index in [1.54, 1.807) is 17.0 Å². The lowest BCUT2D eigenvalue weighted by atomic mass is 9.97. The Kier molecular flexibility index (Phi) is 4.33. The van der Waals surface area contributed by atoms with E-state index in [4.69, 9.17) is 11.6 Å². The van der Waals surface area contributed by atoms with Crippen molar-refractivity contribution in [3.8, 4) is 0 Å². The summed E-state index contributed by atoms with van der Waals surface area (Å²) in [5.41, 5.74) is 0.148. The molecule has 1 aliphatic rings. The number of rotatable bonds is 2. The van der Waals surface area contributed by atoms with Crippen LogP contribution >= 0.6 is 11.6 Å². The molecular weight excluding hydrogens is 331 g/mol. The second kappa shape index (κ2) is 6.13. The van der Waals surface area contributed by atoms with Gasteiger partial charge in [-0.3, -0.25) is 9.69 Å². The molecule has 1 atom stereocenters. The summed E-state index contributed by atoms with van der Waals surface area (Å²) in [6, 6.07) is 4.78. The van der Waals surface area contributed by atoms with Gasteiger partial charge < -0.3 is 4.98 Å². The fourth-order valence-electron chi connectivity index (χ4n) is 2.91. The molecule has 2 aromatic rings. The van der Waals surface area contributed by atoms with Crippen LogP contribution in [-0.2, 0) is 6.54 Å². The number of hydrogen-bond acceptors (Lipinski definition) is 3. The quantitative estimate of drug-likeness (QED) is 0.908. The third-order valence-electron chi connectivity index (χ3n) is 4.06. The predicted octanol–water partition coefficient (Wildman–Crippen LogP) is 3.35. The summed E-state index contributed by atoms with van der Waals surface area (Å²) in [5, 5.41) is 0.801. The molecule has 0 bridgehead atoms. The zero-order chi connectivity index (χ0) is 16.6. The van der Waals surface area contributed by atoms with Crippen LogP contribution in [0.2, 0.25) is 5.02 Å². The van der Waals surface area contributed by atoms with E-state index in [0.29, 0.717) is 34.7 Å². The number of nitrogens with one attached hydrogen (secondary N) is 1. The van der Waals surface area contributed by atoms with Crippen LogP contribution in [0.5, 0.6) is 0 Å². The molecule has 0 unspecified atom stereocenters. The van der Waals surface area contributed by atoms with Crippen LogP contribution in [0.25, 0.3) is 10.9 Å². The third kappa shape index (κ3) is 3.67. The molecule has 1 N–H and O–H groups in total. The van der Waals surface area contributed by atoms with Crippen molar-refractivity contribution >= 4 is 22.5 Å². The minimum atomic E-state index is -4.18. The summed E-state index contributed by atoms with van der Waals surface area (Å²) in [5.74, 6) is -0.949. The van der Waals surface area contributed by atoms with Crippen LogP contribution < -0.4 is 5.56 Å². The van der Waals surface area contributed by atoms with E-state index in [1.807, 2.05) is 0 Å². The molecule has 0 spiro atoms. The zero-order valence-electron chi connectivity index (χ0n) is 12.2. The molecular formula is C15H15ClF3N3O. The molecule has 0 aliphatic carbocycles. The number of alkyl halides is 3. The van der Waals surface area contributed by atoms with E-state index < -0.39 is 12.1 Å². The third-order valence-corrected chi connectivity index (χ3v) is 4.29. The van der Waals surface area contributed by atoms with E-state index in [0.717, 1.165) is 0 Å². The number of hydrogen-bond donors (Lipinski definition) is 1. The number of likely N-dealkylation sites (tertiary alicyclic amines) is 1. The lowest BCUT2D eigenvalue weighted by Crippen LogP contribution is -2.41. The van der Waals surface area contributed by atoms with Crippen LogP contribution in [0.4, 0.5) is 13.2 Å². The molecule has 1 saturated heterocycles. The van der Waals surface area contributed by atoms with Gasteiger partial charge in [0.15, 0.2) is 0 Å². The Morgan fingerprint density at radius 3 is 2.91 bits per heavy atom. The first-order valence-corrected chi connectivity index (χ1v) is 7.68. The first-order valence-electron chi connectivity index (χ1n) is 7.30. The Morgan fingerprint density at radius 1 is 1.39 bits per heavy atom. The maximum Gasteiger partial charge on any atom is 0.393 e. The largest absolute Gasteiger partial charge is 0.393 e. The Hall–Kier alpha value is -1.60. The monoisotopic (exact) mass is 345 g/mol. The molecule has 1 aromatic heterocycles. The van der Waals surface area contributed by atoms with Gasteiger partial charge in [0.05, 0.1) is 23.4 Å². The summed E-state index contributed by atoms with van der Waals surface area (Å²) in [4.78, 5) is 20.7. The summed E-state index contributed by atoms with van der Waals surface area (Å²) in [6.45, 7) is 0.696. The van der Waals surface area contributed by atoms with E-state index in [2.05, 4.69) is 9.97 Å². The highest BCUT2D eigenvalue weighted by atomic mass is 35.5. The fraction of sp³-hybridized carbons (Fsp3) is 0.467. The van der Waals surface area contributed by atoms with Gasteiger partial charge in [-0.1, -0.05) is 11.6 Å². The summed E-state index contributed by atoms with van der Waals surface area (Å²) in [6.07, 6.45) is -3.54. The van der Waals surface area contributed by atoms with Gasteiger partial charge in [0.1, 0.15) is 5.82 Å². The maximum absolute atomic E-state index is 12.9. The Labute approximate surface area is 135 Å². The second-order valence-electron chi connectivity index (χ2n) is 5.79. The number of piperidine rings is 1. The number of benzene rings is 1. The molecule has 2 heterocycles. The van der Waals surface area contributed by atoms with Gasteiger partial charge in [-0.05, 0) is 37.6 Å². The van der Waals surface area contributed by atoms with Gasteiger partial charge in [-0.2, -0.15) is 13.2 Å². The Morgan fingerprint density at radius 2 is 2.17 bits per heavy atom. The van der Waals surface area contributed by atoms with Crippen molar-refractivity contribution in [1.82, 2.24) is 14.9 Å². The number of nitrogens with zero attached hydrogens (tertiary/aromatic N) is 2. The first-order chi connectivity index (χ1) is 10.8. The van der Waals surface area contributed by atoms with Crippen molar-refractivity contribution in [1.29, 1.82) is 0 Å². The van der Waals surface area contributed by atoms with Crippen molar-refractivity contribution < 1.29 is 13.2 Å². The van der Waals surface area contributed by atoms with Crippen molar-refractivity contribution in [3.05, 3.63) is 39.4 Å². The van der Waals surface area contributed by atoms with Gasteiger partial charge in [0.25, 0.3) is 5.56 Å². The molecule has 0 saturated carbocycles. The minimum Gasteiger partial charge on any atom is -0.309 e.